The van der Waals surface area contributed by atoms with Crippen molar-refractivity contribution < 1.29 is 14.7 Å². The first kappa shape index (κ1) is 12.1. The van der Waals surface area contributed by atoms with Gasteiger partial charge in [0.15, 0.2) is 0 Å². The highest BCUT2D eigenvalue weighted by Gasteiger charge is 2.32. The number of likely N-dealkylation sites (tertiary alicyclic amines) is 1. The van der Waals surface area contributed by atoms with Crippen LogP contribution in [0.5, 0.6) is 0 Å². The Morgan fingerprint density at radius 1 is 1.35 bits per heavy atom. The smallest absolute Gasteiger partial charge is 0.303 e. The van der Waals surface area contributed by atoms with Crippen LogP contribution in [0.3, 0.4) is 0 Å². The zero-order valence-electron chi connectivity index (χ0n) is 9.10. The molecule has 0 bridgehead atoms. The molecule has 90 valence electrons. The minimum atomic E-state index is -0.803. The van der Waals surface area contributed by atoms with E-state index in [0.717, 1.165) is 4.47 Å². The molecule has 1 fully saturated rings. The van der Waals surface area contributed by atoms with Crippen LogP contribution in [0.4, 0.5) is 0 Å². The lowest BCUT2D eigenvalue weighted by molar-refractivity contribution is -0.139. The summed E-state index contributed by atoms with van der Waals surface area (Å²) in [6.45, 7) is 1.07. The standard InChI is InChI=1S/C12H12BrNO3/c13-10-4-2-1-3-9(10)12(17)14-6-8(7-14)5-11(15)16/h1-4,8H,5-7H2,(H,15,16). The molecule has 1 heterocycles. The van der Waals surface area contributed by atoms with E-state index < -0.39 is 5.97 Å². The van der Waals surface area contributed by atoms with E-state index in [1.54, 1.807) is 11.0 Å². The summed E-state index contributed by atoms with van der Waals surface area (Å²) in [4.78, 5) is 24.2. The second-order valence-electron chi connectivity index (χ2n) is 4.15. The number of carboxylic acids is 1. The zero-order valence-corrected chi connectivity index (χ0v) is 10.7. The lowest BCUT2D eigenvalue weighted by Gasteiger charge is -2.38. The molecular weight excluding hydrogens is 286 g/mol. The molecule has 0 aromatic heterocycles. The quantitative estimate of drug-likeness (QED) is 0.928. The van der Waals surface area contributed by atoms with Crippen molar-refractivity contribution >= 4 is 27.8 Å². The Kier molecular flexibility index (Phi) is 3.47. The summed E-state index contributed by atoms with van der Waals surface area (Å²) in [7, 11) is 0. The van der Waals surface area contributed by atoms with Gasteiger partial charge in [-0.3, -0.25) is 9.59 Å². The van der Waals surface area contributed by atoms with Crippen LogP contribution in [-0.2, 0) is 4.79 Å². The van der Waals surface area contributed by atoms with Crippen molar-refractivity contribution in [1.82, 2.24) is 4.90 Å². The largest absolute Gasteiger partial charge is 0.481 e. The van der Waals surface area contributed by atoms with Crippen molar-refractivity contribution in [1.29, 1.82) is 0 Å². The first-order valence-electron chi connectivity index (χ1n) is 5.33. The summed E-state index contributed by atoms with van der Waals surface area (Å²) in [6, 6.07) is 7.25. The van der Waals surface area contributed by atoms with E-state index >= 15 is 0 Å². The van der Waals surface area contributed by atoms with Gasteiger partial charge in [0.2, 0.25) is 0 Å². The van der Waals surface area contributed by atoms with Crippen LogP contribution in [0, 0.1) is 5.92 Å². The third-order valence-electron chi connectivity index (χ3n) is 2.81. The number of amides is 1. The maximum atomic E-state index is 12.0. The lowest BCUT2D eigenvalue weighted by Crippen LogP contribution is -2.50. The van der Waals surface area contributed by atoms with Crippen molar-refractivity contribution in [2.75, 3.05) is 13.1 Å². The van der Waals surface area contributed by atoms with Gasteiger partial charge in [-0.25, -0.2) is 0 Å². The van der Waals surface area contributed by atoms with E-state index in [0.29, 0.717) is 18.7 Å². The molecule has 0 unspecified atom stereocenters. The van der Waals surface area contributed by atoms with Crippen LogP contribution < -0.4 is 0 Å². The van der Waals surface area contributed by atoms with E-state index in [9.17, 15) is 9.59 Å². The van der Waals surface area contributed by atoms with Crippen molar-refractivity contribution in [2.24, 2.45) is 5.92 Å². The number of carbonyl (C=O) groups excluding carboxylic acids is 1. The highest BCUT2D eigenvalue weighted by atomic mass is 79.9. The number of hydrogen-bond acceptors (Lipinski definition) is 2. The molecule has 1 aromatic carbocycles. The molecule has 0 aliphatic carbocycles. The van der Waals surface area contributed by atoms with Crippen LogP contribution >= 0.6 is 15.9 Å². The maximum Gasteiger partial charge on any atom is 0.303 e. The van der Waals surface area contributed by atoms with Gasteiger partial charge in [-0.15, -0.1) is 0 Å². The SMILES string of the molecule is O=C(O)CC1CN(C(=O)c2ccccc2Br)C1. The van der Waals surface area contributed by atoms with Crippen molar-refractivity contribution in [3.8, 4) is 0 Å². The Hall–Kier alpha value is -1.36. The summed E-state index contributed by atoms with van der Waals surface area (Å²) < 4.78 is 0.770. The fourth-order valence-corrected chi connectivity index (χ4v) is 2.37. The van der Waals surface area contributed by atoms with Gasteiger partial charge in [0.1, 0.15) is 0 Å². The van der Waals surface area contributed by atoms with Crippen LogP contribution in [-0.4, -0.2) is 35.0 Å². The molecule has 1 aliphatic rings. The van der Waals surface area contributed by atoms with Gasteiger partial charge in [-0.05, 0) is 28.1 Å². The Bertz CT molecular complexity index is 455. The van der Waals surface area contributed by atoms with E-state index in [1.165, 1.54) is 0 Å². The van der Waals surface area contributed by atoms with E-state index in [2.05, 4.69) is 15.9 Å². The van der Waals surface area contributed by atoms with Gasteiger partial charge in [0.05, 0.1) is 12.0 Å². The number of aliphatic carboxylic acids is 1. The molecular formula is C12H12BrNO3. The number of carbonyl (C=O) groups is 2. The first-order valence-corrected chi connectivity index (χ1v) is 6.13. The van der Waals surface area contributed by atoms with Crippen molar-refractivity contribution in [3.05, 3.63) is 34.3 Å². The number of nitrogens with zero attached hydrogens (tertiary/aromatic N) is 1. The van der Waals surface area contributed by atoms with Crippen molar-refractivity contribution in [3.63, 3.8) is 0 Å². The van der Waals surface area contributed by atoms with Crippen molar-refractivity contribution in [2.45, 2.75) is 6.42 Å². The summed E-state index contributed by atoms with van der Waals surface area (Å²) >= 11 is 3.33. The summed E-state index contributed by atoms with van der Waals surface area (Å²) in [5.74, 6) is -0.749. The van der Waals surface area contributed by atoms with Gasteiger partial charge < -0.3 is 10.0 Å². The minimum absolute atomic E-state index is 0.0425. The average molecular weight is 298 g/mol. The van der Waals surface area contributed by atoms with Gasteiger partial charge in [-0.1, -0.05) is 12.1 Å². The topological polar surface area (TPSA) is 57.6 Å². The summed E-state index contributed by atoms with van der Waals surface area (Å²) in [5, 5.41) is 8.62. The predicted molar refractivity (Wildman–Crippen MR) is 65.8 cm³/mol. The second-order valence-corrected chi connectivity index (χ2v) is 5.01. The van der Waals surface area contributed by atoms with Crippen LogP contribution in [0.15, 0.2) is 28.7 Å². The van der Waals surface area contributed by atoms with Gasteiger partial charge in [0, 0.05) is 23.5 Å². The lowest BCUT2D eigenvalue weighted by atomic mass is 9.95. The monoisotopic (exact) mass is 297 g/mol. The average Bonchev–Trinajstić information content (AvgIpc) is 2.22. The third kappa shape index (κ3) is 2.66. The Balaban J connectivity index is 1.96. The highest BCUT2D eigenvalue weighted by Crippen LogP contribution is 2.24. The number of rotatable bonds is 3. The van der Waals surface area contributed by atoms with Gasteiger partial charge >= 0.3 is 5.97 Å². The molecule has 0 saturated carbocycles. The molecule has 17 heavy (non-hydrogen) atoms. The Labute approximate surface area is 107 Å². The molecule has 2 rings (SSSR count). The van der Waals surface area contributed by atoms with E-state index in [4.69, 9.17) is 5.11 Å². The molecule has 5 heteroatoms. The van der Waals surface area contributed by atoms with Gasteiger partial charge in [0.25, 0.3) is 5.91 Å². The molecule has 1 saturated heterocycles. The normalized spacial score (nSPS) is 15.5. The molecule has 1 aromatic rings. The maximum absolute atomic E-state index is 12.0. The number of hydrogen-bond donors (Lipinski definition) is 1. The number of halogens is 1. The molecule has 0 radical (unpaired) electrons. The molecule has 0 spiro atoms. The van der Waals surface area contributed by atoms with Crippen LogP contribution in [0.2, 0.25) is 0 Å². The van der Waals surface area contributed by atoms with Crippen LogP contribution in [0.1, 0.15) is 16.8 Å². The molecule has 1 amide bonds. The number of carboxylic acid groups (broad SMARTS) is 1. The zero-order chi connectivity index (χ0) is 12.4. The number of benzene rings is 1. The predicted octanol–water partition coefficient (Wildman–Crippen LogP) is 2.00. The Morgan fingerprint density at radius 3 is 2.59 bits per heavy atom. The summed E-state index contributed by atoms with van der Waals surface area (Å²) in [5.41, 5.74) is 0.626. The molecule has 1 aliphatic heterocycles. The highest BCUT2D eigenvalue weighted by molar-refractivity contribution is 9.10. The third-order valence-corrected chi connectivity index (χ3v) is 3.50. The molecule has 4 nitrogen and oxygen atoms in total. The van der Waals surface area contributed by atoms with E-state index in [1.807, 2.05) is 18.2 Å². The first-order chi connectivity index (χ1) is 8.08. The van der Waals surface area contributed by atoms with Crippen LogP contribution in [0.25, 0.3) is 0 Å². The van der Waals surface area contributed by atoms with E-state index in [-0.39, 0.29) is 18.2 Å². The Morgan fingerprint density at radius 2 is 2.00 bits per heavy atom. The fourth-order valence-electron chi connectivity index (χ4n) is 1.92. The van der Waals surface area contributed by atoms with Gasteiger partial charge in [-0.2, -0.15) is 0 Å². The fraction of sp³-hybridized carbons (Fsp3) is 0.333. The second kappa shape index (κ2) is 4.87. The molecule has 1 N–H and O–H groups in total. The minimum Gasteiger partial charge on any atom is -0.481 e. The summed E-state index contributed by atoms with van der Waals surface area (Å²) in [6.07, 6.45) is 0.139. The molecule has 0 atom stereocenters.